The highest BCUT2D eigenvalue weighted by atomic mass is 19.1. The smallest absolute Gasteiger partial charge is 0.295 e. The Balaban J connectivity index is 1.76. The SMILES string of the molecule is COc1cccc(C(O)=C2C(=O)C(=O)N(CCN3CCOCC3)C2c2ccccc2F)c1. The lowest BCUT2D eigenvalue weighted by Gasteiger charge is -2.31. The molecule has 1 atom stereocenters. The van der Waals surface area contributed by atoms with Crippen LogP contribution in [-0.2, 0) is 14.3 Å². The number of likely N-dealkylation sites (tertiary alicyclic amines) is 1. The molecule has 0 spiro atoms. The van der Waals surface area contributed by atoms with Crippen LogP contribution in [0.3, 0.4) is 0 Å². The van der Waals surface area contributed by atoms with Crippen molar-refractivity contribution in [1.29, 1.82) is 0 Å². The Morgan fingerprint density at radius 3 is 2.59 bits per heavy atom. The fourth-order valence-corrected chi connectivity index (χ4v) is 4.13. The lowest BCUT2D eigenvalue weighted by molar-refractivity contribution is -0.140. The Hall–Kier alpha value is -3.23. The van der Waals surface area contributed by atoms with Gasteiger partial charge in [0.05, 0.1) is 31.9 Å². The average molecular weight is 440 g/mol. The fraction of sp³-hybridized carbons (Fsp3) is 0.333. The number of amides is 1. The van der Waals surface area contributed by atoms with Crippen LogP contribution in [0.2, 0.25) is 0 Å². The number of methoxy groups -OCH3 is 1. The average Bonchev–Trinajstić information content (AvgIpc) is 3.08. The van der Waals surface area contributed by atoms with Gasteiger partial charge in [-0.15, -0.1) is 0 Å². The Morgan fingerprint density at radius 2 is 1.88 bits per heavy atom. The summed E-state index contributed by atoms with van der Waals surface area (Å²) >= 11 is 0. The number of benzene rings is 2. The van der Waals surface area contributed by atoms with Crippen molar-refractivity contribution in [2.75, 3.05) is 46.5 Å². The fourth-order valence-electron chi connectivity index (χ4n) is 4.13. The number of carbonyl (C=O) groups excluding carboxylic acids is 2. The molecule has 1 amide bonds. The minimum absolute atomic E-state index is 0.129. The van der Waals surface area contributed by atoms with E-state index in [0.717, 1.165) is 13.1 Å². The molecule has 7 nitrogen and oxygen atoms in total. The van der Waals surface area contributed by atoms with E-state index in [1.54, 1.807) is 36.4 Å². The minimum Gasteiger partial charge on any atom is -0.507 e. The van der Waals surface area contributed by atoms with Gasteiger partial charge < -0.3 is 19.5 Å². The van der Waals surface area contributed by atoms with Gasteiger partial charge in [0.2, 0.25) is 0 Å². The third-order valence-corrected chi connectivity index (χ3v) is 5.84. The molecule has 0 aromatic heterocycles. The normalized spacial score (nSPS) is 21.2. The van der Waals surface area contributed by atoms with E-state index in [2.05, 4.69) is 4.90 Å². The van der Waals surface area contributed by atoms with E-state index >= 15 is 0 Å². The van der Waals surface area contributed by atoms with Crippen molar-refractivity contribution in [3.05, 3.63) is 71.0 Å². The van der Waals surface area contributed by atoms with Crippen molar-refractivity contribution in [3.8, 4) is 5.75 Å². The molecule has 2 heterocycles. The van der Waals surface area contributed by atoms with Crippen molar-refractivity contribution in [2.45, 2.75) is 6.04 Å². The molecule has 0 bridgehead atoms. The molecule has 4 rings (SSSR count). The van der Waals surface area contributed by atoms with Crippen molar-refractivity contribution in [1.82, 2.24) is 9.80 Å². The Kier molecular flexibility index (Phi) is 6.53. The van der Waals surface area contributed by atoms with Gasteiger partial charge in [-0.25, -0.2) is 4.39 Å². The van der Waals surface area contributed by atoms with Crippen LogP contribution in [0, 0.1) is 5.82 Å². The number of nitrogens with zero attached hydrogens (tertiary/aromatic N) is 2. The number of halogens is 1. The van der Waals surface area contributed by atoms with E-state index in [-0.39, 0.29) is 23.4 Å². The summed E-state index contributed by atoms with van der Waals surface area (Å²) in [6, 6.07) is 11.5. The van der Waals surface area contributed by atoms with E-state index in [1.165, 1.54) is 24.1 Å². The van der Waals surface area contributed by atoms with Crippen molar-refractivity contribution in [2.24, 2.45) is 0 Å². The molecule has 1 unspecified atom stereocenters. The quantitative estimate of drug-likeness (QED) is 0.423. The second-order valence-electron chi connectivity index (χ2n) is 7.70. The first-order valence-corrected chi connectivity index (χ1v) is 10.5. The number of aliphatic hydroxyl groups is 1. The zero-order chi connectivity index (χ0) is 22.7. The molecule has 2 saturated heterocycles. The minimum atomic E-state index is -1.02. The summed E-state index contributed by atoms with van der Waals surface area (Å²) in [5.41, 5.74) is 0.352. The Morgan fingerprint density at radius 1 is 1.12 bits per heavy atom. The molecule has 168 valence electrons. The zero-order valence-electron chi connectivity index (χ0n) is 17.8. The summed E-state index contributed by atoms with van der Waals surface area (Å²) in [5.74, 6) is -2.01. The summed E-state index contributed by atoms with van der Waals surface area (Å²) in [7, 11) is 1.49. The summed E-state index contributed by atoms with van der Waals surface area (Å²) in [6.07, 6.45) is 0. The molecule has 2 aromatic rings. The number of ketones is 1. The summed E-state index contributed by atoms with van der Waals surface area (Å²) in [5, 5.41) is 11.1. The predicted molar refractivity (Wildman–Crippen MR) is 116 cm³/mol. The van der Waals surface area contributed by atoms with Crippen LogP contribution >= 0.6 is 0 Å². The summed E-state index contributed by atoms with van der Waals surface area (Å²) < 4.78 is 25.4. The van der Waals surface area contributed by atoms with Crippen LogP contribution in [0.25, 0.3) is 5.76 Å². The monoisotopic (exact) mass is 440 g/mol. The van der Waals surface area contributed by atoms with Gasteiger partial charge in [-0.1, -0.05) is 30.3 Å². The first-order valence-electron chi connectivity index (χ1n) is 10.5. The van der Waals surface area contributed by atoms with E-state index in [4.69, 9.17) is 9.47 Å². The number of hydrogen-bond acceptors (Lipinski definition) is 6. The van der Waals surface area contributed by atoms with Crippen LogP contribution in [0.4, 0.5) is 4.39 Å². The number of Topliss-reactive ketones (excluding diaryl/α,β-unsaturated/α-hetero) is 1. The largest absolute Gasteiger partial charge is 0.507 e. The molecule has 2 fully saturated rings. The van der Waals surface area contributed by atoms with E-state index in [1.807, 2.05) is 0 Å². The molecular weight excluding hydrogens is 415 g/mol. The molecule has 0 aliphatic carbocycles. The van der Waals surface area contributed by atoms with Gasteiger partial charge >= 0.3 is 0 Å². The lowest BCUT2D eigenvalue weighted by Crippen LogP contribution is -2.42. The maximum absolute atomic E-state index is 14.8. The van der Waals surface area contributed by atoms with E-state index in [0.29, 0.717) is 31.1 Å². The highest BCUT2D eigenvalue weighted by molar-refractivity contribution is 6.46. The first-order chi connectivity index (χ1) is 15.5. The lowest BCUT2D eigenvalue weighted by atomic mass is 9.95. The molecular formula is C24H25FN2O5. The second-order valence-corrected chi connectivity index (χ2v) is 7.70. The van der Waals surface area contributed by atoms with Gasteiger partial charge in [-0.05, 0) is 18.2 Å². The maximum Gasteiger partial charge on any atom is 0.295 e. The van der Waals surface area contributed by atoms with E-state index < -0.39 is 23.5 Å². The topological polar surface area (TPSA) is 79.3 Å². The van der Waals surface area contributed by atoms with Crippen LogP contribution < -0.4 is 4.74 Å². The van der Waals surface area contributed by atoms with Crippen LogP contribution in [0.15, 0.2) is 54.1 Å². The molecule has 0 radical (unpaired) electrons. The van der Waals surface area contributed by atoms with Crippen molar-refractivity contribution >= 4 is 17.4 Å². The Labute approximate surface area is 185 Å². The van der Waals surface area contributed by atoms with Gasteiger partial charge in [-0.2, -0.15) is 0 Å². The number of hydrogen-bond donors (Lipinski definition) is 1. The first kappa shape index (κ1) is 22.0. The van der Waals surface area contributed by atoms with Crippen molar-refractivity contribution in [3.63, 3.8) is 0 Å². The third kappa shape index (κ3) is 4.24. The molecule has 2 aliphatic rings. The molecule has 2 aromatic carbocycles. The van der Waals surface area contributed by atoms with Gasteiger partial charge in [0.25, 0.3) is 11.7 Å². The Bertz CT molecular complexity index is 1050. The number of carbonyl (C=O) groups is 2. The van der Waals surface area contributed by atoms with Crippen LogP contribution in [0.1, 0.15) is 17.2 Å². The van der Waals surface area contributed by atoms with E-state index in [9.17, 15) is 19.1 Å². The van der Waals surface area contributed by atoms with Crippen LogP contribution in [-0.4, -0.2) is 73.1 Å². The molecule has 0 saturated carbocycles. The highest BCUT2D eigenvalue weighted by Gasteiger charge is 2.46. The van der Waals surface area contributed by atoms with Crippen molar-refractivity contribution < 1.29 is 28.6 Å². The second kappa shape index (κ2) is 9.50. The van der Waals surface area contributed by atoms with Gasteiger partial charge in [-0.3, -0.25) is 14.5 Å². The number of aliphatic hydroxyl groups excluding tert-OH is 1. The molecule has 32 heavy (non-hydrogen) atoms. The number of morpholine rings is 1. The predicted octanol–water partition coefficient (Wildman–Crippen LogP) is 2.59. The summed E-state index contributed by atoms with van der Waals surface area (Å²) in [6.45, 7) is 3.38. The van der Waals surface area contributed by atoms with Gasteiger partial charge in [0, 0.05) is 37.3 Å². The summed E-state index contributed by atoms with van der Waals surface area (Å²) in [4.78, 5) is 29.5. The molecule has 1 N–H and O–H groups in total. The number of ether oxygens (including phenoxy) is 2. The highest BCUT2D eigenvalue weighted by Crippen LogP contribution is 2.40. The third-order valence-electron chi connectivity index (χ3n) is 5.84. The zero-order valence-corrected chi connectivity index (χ0v) is 17.8. The van der Waals surface area contributed by atoms with Gasteiger partial charge in [0.15, 0.2) is 0 Å². The van der Waals surface area contributed by atoms with Crippen LogP contribution in [0.5, 0.6) is 5.75 Å². The molecule has 2 aliphatic heterocycles. The molecule has 8 heteroatoms. The standard InChI is InChI=1S/C24H25FN2O5/c1-31-17-6-4-5-16(15-17)22(28)20-21(18-7-2-3-8-19(18)25)27(24(30)23(20)29)10-9-26-11-13-32-14-12-26/h2-8,15,21,28H,9-14H2,1H3. The maximum atomic E-state index is 14.8. The number of rotatable bonds is 6. The van der Waals surface area contributed by atoms with Gasteiger partial charge in [0.1, 0.15) is 17.3 Å².